The Bertz CT molecular complexity index is 1030. The molecule has 0 atom stereocenters. The van der Waals surface area contributed by atoms with Crippen LogP contribution >= 0.6 is 11.3 Å². The zero-order valence-electron chi connectivity index (χ0n) is 17.3. The molecule has 0 saturated carbocycles. The predicted molar refractivity (Wildman–Crippen MR) is 124 cm³/mol. The summed E-state index contributed by atoms with van der Waals surface area (Å²) in [6.45, 7) is 4.13. The summed E-state index contributed by atoms with van der Waals surface area (Å²) in [5.41, 5.74) is 2.70. The van der Waals surface area contributed by atoms with Crippen LogP contribution in [0.15, 0.2) is 66.0 Å². The van der Waals surface area contributed by atoms with Crippen molar-refractivity contribution in [1.29, 1.82) is 0 Å². The molecule has 2 aromatic carbocycles. The second-order valence-corrected chi connectivity index (χ2v) is 8.09. The van der Waals surface area contributed by atoms with Crippen molar-refractivity contribution in [1.82, 2.24) is 10.6 Å². The molecule has 4 N–H and O–H groups in total. The Kier molecular flexibility index (Phi) is 7.40. The molecule has 8 heteroatoms. The topological polar surface area (TPSA) is 99.3 Å². The molecule has 0 saturated heterocycles. The van der Waals surface area contributed by atoms with Crippen LogP contribution in [-0.2, 0) is 6.54 Å². The van der Waals surface area contributed by atoms with E-state index in [0.29, 0.717) is 28.4 Å². The lowest BCUT2D eigenvalue weighted by molar-refractivity contribution is 0.0950. The summed E-state index contributed by atoms with van der Waals surface area (Å²) >= 11 is 1.37. The van der Waals surface area contributed by atoms with Crippen molar-refractivity contribution in [3.05, 3.63) is 82.0 Å². The first kappa shape index (κ1) is 22.0. The average Bonchev–Trinajstić information content (AvgIpc) is 3.28. The highest BCUT2D eigenvalue weighted by Crippen LogP contribution is 2.15. The molecule has 7 nitrogen and oxygen atoms in total. The Hall–Kier alpha value is -3.65. The second-order valence-electron chi connectivity index (χ2n) is 7.14. The molecule has 0 aliphatic heterocycles. The number of nitrogens with one attached hydrogen (secondary N) is 4. The molecule has 0 fully saturated rings. The standard InChI is InChI=1S/C23H24N4O3S/c1-15(2)25-23(30)27-19-9-5-16(6-10-19)14-24-21(28)17-7-11-18(12-8-17)26-22(29)20-4-3-13-31-20/h3-13,15H,14H2,1-2H3,(H,24,28)(H,26,29)(H2,25,27,30). The van der Waals surface area contributed by atoms with Gasteiger partial charge in [-0.2, -0.15) is 0 Å². The van der Waals surface area contributed by atoms with Gasteiger partial charge in [0.1, 0.15) is 0 Å². The Morgan fingerprint density at radius 1 is 0.839 bits per heavy atom. The molecule has 0 aliphatic carbocycles. The molecular formula is C23H24N4O3S. The summed E-state index contributed by atoms with van der Waals surface area (Å²) in [5, 5.41) is 13.0. The minimum absolute atomic E-state index is 0.0563. The lowest BCUT2D eigenvalue weighted by Crippen LogP contribution is -2.34. The summed E-state index contributed by atoms with van der Waals surface area (Å²) in [6.07, 6.45) is 0. The number of amides is 4. The first-order valence-corrected chi connectivity index (χ1v) is 10.7. The van der Waals surface area contributed by atoms with Crippen molar-refractivity contribution in [2.24, 2.45) is 0 Å². The molecule has 160 valence electrons. The quantitative estimate of drug-likeness (QED) is 0.440. The average molecular weight is 437 g/mol. The van der Waals surface area contributed by atoms with Gasteiger partial charge in [0.05, 0.1) is 4.88 Å². The summed E-state index contributed by atoms with van der Waals surface area (Å²) in [4.78, 5) is 36.8. The van der Waals surface area contributed by atoms with Gasteiger partial charge in [0, 0.05) is 29.5 Å². The first-order valence-electron chi connectivity index (χ1n) is 9.80. The van der Waals surface area contributed by atoms with Crippen molar-refractivity contribution in [2.45, 2.75) is 26.4 Å². The van der Waals surface area contributed by atoms with E-state index in [1.54, 1.807) is 42.5 Å². The van der Waals surface area contributed by atoms with Gasteiger partial charge in [0.25, 0.3) is 11.8 Å². The molecule has 31 heavy (non-hydrogen) atoms. The zero-order valence-corrected chi connectivity index (χ0v) is 18.1. The number of anilines is 2. The lowest BCUT2D eigenvalue weighted by atomic mass is 10.1. The number of urea groups is 1. The number of hydrogen-bond acceptors (Lipinski definition) is 4. The van der Waals surface area contributed by atoms with Gasteiger partial charge in [-0.25, -0.2) is 4.79 Å². The Morgan fingerprint density at radius 2 is 1.48 bits per heavy atom. The van der Waals surface area contributed by atoms with E-state index in [4.69, 9.17) is 0 Å². The van der Waals surface area contributed by atoms with Gasteiger partial charge in [-0.15, -0.1) is 11.3 Å². The number of rotatable bonds is 7. The largest absolute Gasteiger partial charge is 0.348 e. The Labute approximate surface area is 184 Å². The lowest BCUT2D eigenvalue weighted by Gasteiger charge is -2.11. The summed E-state index contributed by atoms with van der Waals surface area (Å²) in [5.74, 6) is -0.388. The van der Waals surface area contributed by atoms with E-state index >= 15 is 0 Å². The molecule has 3 rings (SSSR count). The predicted octanol–water partition coefficient (Wildman–Crippen LogP) is 4.46. The molecule has 1 heterocycles. The third-order valence-electron chi connectivity index (χ3n) is 4.23. The fraction of sp³-hybridized carbons (Fsp3) is 0.174. The van der Waals surface area contributed by atoms with Gasteiger partial charge < -0.3 is 21.3 Å². The number of hydrogen-bond donors (Lipinski definition) is 4. The maximum absolute atomic E-state index is 12.4. The third-order valence-corrected chi connectivity index (χ3v) is 5.10. The number of carbonyl (C=O) groups excluding carboxylic acids is 3. The van der Waals surface area contributed by atoms with Gasteiger partial charge in [-0.1, -0.05) is 18.2 Å². The van der Waals surface area contributed by atoms with Crippen LogP contribution in [-0.4, -0.2) is 23.9 Å². The molecule has 1 aromatic heterocycles. The maximum Gasteiger partial charge on any atom is 0.319 e. The van der Waals surface area contributed by atoms with Crippen molar-refractivity contribution < 1.29 is 14.4 Å². The van der Waals surface area contributed by atoms with E-state index < -0.39 is 0 Å². The van der Waals surface area contributed by atoms with Crippen molar-refractivity contribution in [3.63, 3.8) is 0 Å². The SMILES string of the molecule is CC(C)NC(=O)Nc1ccc(CNC(=O)c2ccc(NC(=O)c3cccs3)cc2)cc1. The van der Waals surface area contributed by atoms with Gasteiger partial charge >= 0.3 is 6.03 Å². The molecule has 3 aromatic rings. The van der Waals surface area contributed by atoms with Gasteiger partial charge in [-0.3, -0.25) is 9.59 Å². The van der Waals surface area contributed by atoms with Crippen LogP contribution in [0.25, 0.3) is 0 Å². The molecule has 0 spiro atoms. The Morgan fingerprint density at radius 3 is 2.10 bits per heavy atom. The van der Waals surface area contributed by atoms with Crippen LogP contribution in [0.1, 0.15) is 39.4 Å². The van der Waals surface area contributed by atoms with E-state index in [9.17, 15) is 14.4 Å². The number of carbonyl (C=O) groups is 3. The fourth-order valence-electron chi connectivity index (χ4n) is 2.73. The second kappa shape index (κ2) is 10.4. The minimum Gasteiger partial charge on any atom is -0.348 e. The van der Waals surface area contributed by atoms with Crippen LogP contribution in [0.3, 0.4) is 0 Å². The molecule has 0 unspecified atom stereocenters. The number of benzene rings is 2. The smallest absolute Gasteiger partial charge is 0.319 e. The summed E-state index contributed by atoms with van der Waals surface area (Å²) in [7, 11) is 0. The van der Waals surface area contributed by atoms with E-state index in [1.165, 1.54) is 11.3 Å². The van der Waals surface area contributed by atoms with E-state index in [1.807, 2.05) is 37.4 Å². The highest BCUT2D eigenvalue weighted by atomic mass is 32.1. The van der Waals surface area contributed by atoms with Crippen molar-refractivity contribution in [2.75, 3.05) is 10.6 Å². The number of thiophene rings is 1. The molecule has 0 bridgehead atoms. The summed E-state index contributed by atoms with van der Waals surface area (Å²) < 4.78 is 0. The molecule has 0 aliphatic rings. The normalized spacial score (nSPS) is 10.4. The van der Waals surface area contributed by atoms with Crippen molar-refractivity contribution in [3.8, 4) is 0 Å². The van der Waals surface area contributed by atoms with Crippen LogP contribution in [0.4, 0.5) is 16.2 Å². The van der Waals surface area contributed by atoms with Gasteiger partial charge in [-0.05, 0) is 67.3 Å². The van der Waals surface area contributed by atoms with E-state index in [2.05, 4.69) is 21.3 Å². The van der Waals surface area contributed by atoms with E-state index in [0.717, 1.165) is 5.56 Å². The van der Waals surface area contributed by atoms with E-state index in [-0.39, 0.29) is 23.9 Å². The molecule has 0 radical (unpaired) electrons. The molecular weight excluding hydrogens is 412 g/mol. The third kappa shape index (κ3) is 6.68. The zero-order chi connectivity index (χ0) is 22.2. The first-order chi connectivity index (χ1) is 14.9. The van der Waals surface area contributed by atoms with Crippen LogP contribution < -0.4 is 21.3 Å². The van der Waals surface area contributed by atoms with Crippen LogP contribution in [0, 0.1) is 0 Å². The molecule has 4 amide bonds. The van der Waals surface area contributed by atoms with Crippen LogP contribution in [0.2, 0.25) is 0 Å². The van der Waals surface area contributed by atoms with Gasteiger partial charge in [0.15, 0.2) is 0 Å². The van der Waals surface area contributed by atoms with Crippen molar-refractivity contribution >= 4 is 40.6 Å². The van der Waals surface area contributed by atoms with Gasteiger partial charge in [0.2, 0.25) is 0 Å². The maximum atomic E-state index is 12.4. The van der Waals surface area contributed by atoms with Crippen LogP contribution in [0.5, 0.6) is 0 Å². The Balaban J connectivity index is 1.49. The monoisotopic (exact) mass is 436 g/mol. The summed E-state index contributed by atoms with van der Waals surface area (Å²) in [6, 6.07) is 17.4. The highest BCUT2D eigenvalue weighted by Gasteiger charge is 2.09. The highest BCUT2D eigenvalue weighted by molar-refractivity contribution is 7.12. The fourth-order valence-corrected chi connectivity index (χ4v) is 3.34. The minimum atomic E-state index is -0.258.